The minimum Gasteiger partial charge on any atom is -0.367 e. The number of nitrogens with zero attached hydrogens (tertiary/aromatic N) is 4. The van der Waals surface area contributed by atoms with Crippen molar-refractivity contribution in [2.24, 2.45) is 11.7 Å². The van der Waals surface area contributed by atoms with Crippen molar-refractivity contribution in [3.63, 3.8) is 0 Å². The van der Waals surface area contributed by atoms with E-state index in [4.69, 9.17) is 27.3 Å². The van der Waals surface area contributed by atoms with Crippen molar-refractivity contribution in [2.45, 2.75) is 37.7 Å². The molecular formula is C27H24ClF3N6O5. The minimum atomic E-state index is -4.71. The standard InChI is InChI=1S/C27H24ClF3N6O5/c28-20-9-17(4-3-16(20)11-32)26(23(33)39)13-35(7-8-42-26)24(40)34-18-5-6-21-19(10-18)22(38)36(12-15-1-2-15)25(41)37(21)14-27(29,30)31/h3-6,9-10,15H,1-2,7-8,12-14H2,(H2,33,39)(H,34,40). The van der Waals surface area contributed by atoms with Crippen LogP contribution in [-0.2, 0) is 28.2 Å². The van der Waals surface area contributed by atoms with Gasteiger partial charge in [0.15, 0.2) is 5.60 Å². The van der Waals surface area contributed by atoms with Crippen LogP contribution < -0.4 is 22.3 Å². The monoisotopic (exact) mass is 604 g/mol. The van der Waals surface area contributed by atoms with Crippen LogP contribution in [0.25, 0.3) is 10.9 Å². The number of rotatable bonds is 6. The third-order valence-electron chi connectivity index (χ3n) is 7.32. The fourth-order valence-electron chi connectivity index (χ4n) is 4.98. The lowest BCUT2D eigenvalue weighted by Gasteiger charge is -2.40. The topological polar surface area (TPSA) is 152 Å². The van der Waals surface area contributed by atoms with Crippen LogP contribution in [0.2, 0.25) is 5.02 Å². The molecule has 1 aromatic heterocycles. The average Bonchev–Trinajstić information content (AvgIpc) is 3.77. The molecule has 0 spiro atoms. The van der Waals surface area contributed by atoms with E-state index in [-0.39, 0.29) is 64.9 Å². The molecule has 0 bridgehead atoms. The zero-order valence-electron chi connectivity index (χ0n) is 21.9. The molecule has 3 amide bonds. The predicted octanol–water partition coefficient (Wildman–Crippen LogP) is 2.91. The molecule has 1 aliphatic heterocycles. The number of aromatic nitrogens is 2. The quantitative estimate of drug-likeness (QED) is 0.441. The van der Waals surface area contributed by atoms with Gasteiger partial charge in [-0.25, -0.2) is 9.59 Å². The van der Waals surface area contributed by atoms with Gasteiger partial charge in [-0.3, -0.25) is 18.7 Å². The van der Waals surface area contributed by atoms with E-state index in [0.717, 1.165) is 17.4 Å². The van der Waals surface area contributed by atoms with Crippen LogP contribution in [0.5, 0.6) is 0 Å². The van der Waals surface area contributed by atoms with Gasteiger partial charge in [0.05, 0.1) is 34.6 Å². The Balaban J connectivity index is 1.46. The second-order valence-corrected chi connectivity index (χ2v) is 10.7. The summed E-state index contributed by atoms with van der Waals surface area (Å²) in [5, 5.41) is 11.7. The minimum absolute atomic E-state index is 0.00436. The summed E-state index contributed by atoms with van der Waals surface area (Å²) in [5.41, 5.74) is 2.38. The molecule has 1 aliphatic carbocycles. The normalized spacial score (nSPS) is 19.0. The number of hydrogen-bond donors (Lipinski definition) is 2. The van der Waals surface area contributed by atoms with Crippen LogP contribution in [0.1, 0.15) is 24.0 Å². The zero-order valence-corrected chi connectivity index (χ0v) is 22.7. The highest BCUT2D eigenvalue weighted by Gasteiger charge is 2.45. The van der Waals surface area contributed by atoms with Crippen molar-refractivity contribution in [2.75, 3.05) is 25.0 Å². The van der Waals surface area contributed by atoms with Crippen LogP contribution in [0.15, 0.2) is 46.0 Å². The maximum Gasteiger partial charge on any atom is 0.406 e. The van der Waals surface area contributed by atoms with Gasteiger partial charge < -0.3 is 20.7 Å². The first-order chi connectivity index (χ1) is 19.8. The number of hydrogen-bond acceptors (Lipinski definition) is 6. The van der Waals surface area contributed by atoms with Gasteiger partial charge in [0, 0.05) is 18.8 Å². The van der Waals surface area contributed by atoms with E-state index in [1.807, 2.05) is 6.07 Å². The molecule has 1 saturated carbocycles. The fraction of sp³-hybridized carbons (Fsp3) is 0.370. The highest BCUT2D eigenvalue weighted by molar-refractivity contribution is 6.31. The van der Waals surface area contributed by atoms with Crippen molar-refractivity contribution in [1.82, 2.24) is 14.0 Å². The Morgan fingerprint density at radius 3 is 2.52 bits per heavy atom. The smallest absolute Gasteiger partial charge is 0.367 e. The van der Waals surface area contributed by atoms with E-state index in [2.05, 4.69) is 5.32 Å². The molecule has 2 aliphatic rings. The van der Waals surface area contributed by atoms with E-state index in [1.165, 1.54) is 41.3 Å². The Labute approximate surface area is 240 Å². The van der Waals surface area contributed by atoms with Crippen molar-refractivity contribution in [1.29, 1.82) is 5.26 Å². The lowest BCUT2D eigenvalue weighted by atomic mass is 9.90. The lowest BCUT2D eigenvalue weighted by molar-refractivity contribution is -0.155. The Kier molecular flexibility index (Phi) is 7.50. The third-order valence-corrected chi connectivity index (χ3v) is 7.63. The number of nitriles is 1. The van der Waals surface area contributed by atoms with Gasteiger partial charge in [0.25, 0.3) is 11.5 Å². The average molecular weight is 605 g/mol. The molecule has 2 fully saturated rings. The second-order valence-electron chi connectivity index (χ2n) is 10.3. The first kappa shape index (κ1) is 29.2. The molecule has 5 rings (SSSR count). The Morgan fingerprint density at radius 2 is 1.90 bits per heavy atom. The molecule has 11 nitrogen and oxygen atoms in total. The third kappa shape index (κ3) is 5.57. The van der Waals surface area contributed by atoms with Gasteiger partial charge >= 0.3 is 17.9 Å². The van der Waals surface area contributed by atoms with Gasteiger partial charge in [0.1, 0.15) is 12.6 Å². The summed E-state index contributed by atoms with van der Waals surface area (Å²) in [6.07, 6.45) is -3.19. The molecule has 1 unspecified atom stereocenters. The summed E-state index contributed by atoms with van der Waals surface area (Å²) >= 11 is 6.15. The number of anilines is 1. The molecule has 1 atom stereocenters. The molecular weight excluding hydrogens is 581 g/mol. The SMILES string of the molecule is N#Cc1ccc(C2(C(N)=O)CN(C(=O)Nc3ccc4c(c3)c(=O)n(CC3CC3)c(=O)n4CC(F)(F)F)CCO2)cc1Cl. The zero-order chi connectivity index (χ0) is 30.4. The summed E-state index contributed by atoms with van der Waals surface area (Å²) in [4.78, 5) is 53.2. The van der Waals surface area contributed by atoms with Crippen LogP contribution in [0.3, 0.4) is 0 Å². The molecule has 2 aromatic carbocycles. The van der Waals surface area contributed by atoms with Crippen LogP contribution >= 0.6 is 11.6 Å². The molecule has 42 heavy (non-hydrogen) atoms. The Bertz CT molecular complexity index is 1760. The van der Waals surface area contributed by atoms with Crippen LogP contribution in [-0.4, -0.2) is 51.8 Å². The van der Waals surface area contributed by atoms with Gasteiger partial charge in [-0.1, -0.05) is 17.7 Å². The Hall–Kier alpha value is -4.35. The number of nitrogens with two attached hydrogens (primary N) is 1. The van der Waals surface area contributed by atoms with Crippen molar-refractivity contribution in [3.8, 4) is 6.07 Å². The van der Waals surface area contributed by atoms with Crippen molar-refractivity contribution < 1.29 is 27.5 Å². The number of carbonyl (C=O) groups is 2. The second kappa shape index (κ2) is 10.8. The number of urea groups is 1. The van der Waals surface area contributed by atoms with E-state index < -0.39 is 41.5 Å². The highest BCUT2D eigenvalue weighted by atomic mass is 35.5. The predicted molar refractivity (Wildman–Crippen MR) is 145 cm³/mol. The van der Waals surface area contributed by atoms with Crippen LogP contribution in [0, 0.1) is 17.2 Å². The van der Waals surface area contributed by atoms with Gasteiger partial charge in [-0.05, 0) is 54.7 Å². The molecule has 15 heteroatoms. The Morgan fingerprint density at radius 1 is 1.17 bits per heavy atom. The molecule has 3 aromatic rings. The van der Waals surface area contributed by atoms with Crippen molar-refractivity contribution in [3.05, 3.63) is 73.4 Å². The number of alkyl halides is 3. The number of primary amides is 1. The lowest BCUT2D eigenvalue weighted by Crippen LogP contribution is -2.58. The summed E-state index contributed by atoms with van der Waals surface area (Å²) in [7, 11) is 0. The fourth-order valence-corrected chi connectivity index (χ4v) is 5.20. The maximum absolute atomic E-state index is 13.3. The number of carbonyl (C=O) groups excluding carboxylic acids is 2. The molecule has 0 radical (unpaired) electrons. The number of benzene rings is 2. The summed E-state index contributed by atoms with van der Waals surface area (Å²) in [5.74, 6) is -0.863. The summed E-state index contributed by atoms with van der Waals surface area (Å²) < 4.78 is 47.1. The van der Waals surface area contributed by atoms with Gasteiger partial charge in [-0.15, -0.1) is 0 Å². The van der Waals surface area contributed by atoms with Gasteiger partial charge in [0.2, 0.25) is 0 Å². The first-order valence-electron chi connectivity index (χ1n) is 12.9. The van der Waals surface area contributed by atoms with E-state index in [1.54, 1.807) is 0 Å². The number of ether oxygens (including phenoxy) is 1. The molecule has 3 N–H and O–H groups in total. The molecule has 2 heterocycles. The first-order valence-corrected chi connectivity index (χ1v) is 13.2. The maximum atomic E-state index is 13.3. The number of fused-ring (bicyclic) bond motifs is 1. The largest absolute Gasteiger partial charge is 0.406 e. The number of nitrogens with one attached hydrogen (secondary N) is 1. The van der Waals surface area contributed by atoms with Crippen molar-refractivity contribution >= 4 is 40.1 Å². The van der Waals surface area contributed by atoms with E-state index in [9.17, 15) is 32.3 Å². The number of halogens is 4. The van der Waals surface area contributed by atoms with Gasteiger partial charge in [-0.2, -0.15) is 18.4 Å². The summed E-state index contributed by atoms with van der Waals surface area (Å²) in [6, 6.07) is 9.08. The van der Waals surface area contributed by atoms with E-state index >= 15 is 0 Å². The molecule has 220 valence electrons. The van der Waals surface area contributed by atoms with Crippen LogP contribution in [0.4, 0.5) is 23.7 Å². The highest BCUT2D eigenvalue weighted by Crippen LogP contribution is 2.33. The number of amides is 3. The summed E-state index contributed by atoms with van der Waals surface area (Å²) in [6.45, 7) is -1.92. The molecule has 1 saturated heterocycles. The van der Waals surface area contributed by atoms with E-state index in [0.29, 0.717) is 4.57 Å². The number of morpholine rings is 1.